The maximum atomic E-state index is 13.6. The van der Waals surface area contributed by atoms with Gasteiger partial charge in [0.05, 0.1) is 5.56 Å². The Morgan fingerprint density at radius 1 is 1.21 bits per heavy atom. The van der Waals surface area contributed by atoms with E-state index in [2.05, 4.69) is 0 Å². The van der Waals surface area contributed by atoms with Crippen LogP contribution in [-0.2, 0) is 0 Å². The Morgan fingerprint density at radius 3 is 2.58 bits per heavy atom. The van der Waals surface area contributed by atoms with Gasteiger partial charge in [-0.2, -0.15) is 0 Å². The highest BCUT2D eigenvalue weighted by atomic mass is 19.1. The second-order valence-electron chi connectivity index (χ2n) is 4.04. The molecule has 3 N–H and O–H groups in total. The first-order chi connectivity index (χ1) is 8.99. The maximum absolute atomic E-state index is 13.6. The van der Waals surface area contributed by atoms with Gasteiger partial charge in [-0.25, -0.2) is 8.78 Å². The van der Waals surface area contributed by atoms with Crippen molar-refractivity contribution in [3.8, 4) is 11.5 Å². The van der Waals surface area contributed by atoms with Crippen molar-refractivity contribution < 1.29 is 13.5 Å². The van der Waals surface area contributed by atoms with E-state index < -0.39 is 11.6 Å². The zero-order chi connectivity index (χ0) is 14.0. The second-order valence-corrected chi connectivity index (χ2v) is 4.04. The Balaban J connectivity index is 2.46. The molecule has 0 heterocycles. The molecular weight excluding hydrogens is 250 g/mol. The normalized spacial score (nSPS) is 10.3. The lowest BCUT2D eigenvalue weighted by Gasteiger charge is -2.13. The molecule has 2 aromatic carbocycles. The predicted octanol–water partition coefficient (Wildman–Crippen LogP) is 3.35. The summed E-state index contributed by atoms with van der Waals surface area (Å²) in [4.78, 5) is 0. The molecule has 0 unspecified atom stereocenters. The van der Waals surface area contributed by atoms with Gasteiger partial charge in [-0.3, -0.25) is 5.41 Å². The van der Waals surface area contributed by atoms with Crippen molar-refractivity contribution >= 4 is 5.84 Å². The minimum atomic E-state index is -0.808. The lowest BCUT2D eigenvalue weighted by atomic mass is 10.1. The number of nitrogens with two attached hydrogens (primary N) is 1. The Bertz CT molecular complexity index is 641. The molecule has 0 saturated carbocycles. The van der Waals surface area contributed by atoms with Gasteiger partial charge in [-0.05, 0) is 30.7 Å². The molecule has 0 amide bonds. The van der Waals surface area contributed by atoms with Crippen LogP contribution in [0.1, 0.15) is 11.1 Å². The summed E-state index contributed by atoms with van der Waals surface area (Å²) in [6.07, 6.45) is 0. The molecular formula is C14H12F2N2O. The number of nitrogen functional groups attached to an aromatic ring is 1. The van der Waals surface area contributed by atoms with Crippen LogP contribution in [0.4, 0.5) is 8.78 Å². The van der Waals surface area contributed by atoms with Crippen molar-refractivity contribution in [2.24, 2.45) is 5.73 Å². The SMILES string of the molecule is Cc1cccc(C(=N)N)c1Oc1ccc(F)cc1F. The Labute approximate surface area is 109 Å². The molecule has 0 fully saturated rings. The molecule has 0 aliphatic rings. The maximum Gasteiger partial charge on any atom is 0.168 e. The van der Waals surface area contributed by atoms with Gasteiger partial charge in [0.25, 0.3) is 0 Å². The first-order valence-corrected chi connectivity index (χ1v) is 5.56. The highest BCUT2D eigenvalue weighted by Crippen LogP contribution is 2.30. The van der Waals surface area contributed by atoms with Crippen LogP contribution in [0, 0.1) is 24.0 Å². The third-order valence-corrected chi connectivity index (χ3v) is 2.61. The van der Waals surface area contributed by atoms with Crippen molar-refractivity contribution in [2.45, 2.75) is 6.92 Å². The average Bonchev–Trinajstić information content (AvgIpc) is 2.34. The molecule has 5 heteroatoms. The molecule has 0 radical (unpaired) electrons. The summed E-state index contributed by atoms with van der Waals surface area (Å²) >= 11 is 0. The van der Waals surface area contributed by atoms with E-state index in [1.165, 1.54) is 6.07 Å². The van der Waals surface area contributed by atoms with Crippen molar-refractivity contribution in [3.63, 3.8) is 0 Å². The van der Waals surface area contributed by atoms with Crippen LogP contribution in [0.5, 0.6) is 11.5 Å². The van der Waals surface area contributed by atoms with Gasteiger partial charge in [0.1, 0.15) is 17.4 Å². The fraction of sp³-hybridized carbons (Fsp3) is 0.0714. The van der Waals surface area contributed by atoms with Crippen LogP contribution in [-0.4, -0.2) is 5.84 Å². The van der Waals surface area contributed by atoms with Gasteiger partial charge in [0.15, 0.2) is 11.6 Å². The Morgan fingerprint density at radius 2 is 1.95 bits per heavy atom. The van der Waals surface area contributed by atoms with Crippen molar-refractivity contribution in [1.82, 2.24) is 0 Å². The predicted molar refractivity (Wildman–Crippen MR) is 68.6 cm³/mol. The molecule has 0 aliphatic heterocycles. The number of rotatable bonds is 3. The molecule has 3 nitrogen and oxygen atoms in total. The third kappa shape index (κ3) is 2.70. The van der Waals surface area contributed by atoms with Gasteiger partial charge in [-0.1, -0.05) is 12.1 Å². The number of hydrogen-bond acceptors (Lipinski definition) is 2. The van der Waals surface area contributed by atoms with Crippen molar-refractivity contribution in [3.05, 3.63) is 59.2 Å². The van der Waals surface area contributed by atoms with Gasteiger partial charge in [-0.15, -0.1) is 0 Å². The summed E-state index contributed by atoms with van der Waals surface area (Å²) in [5.41, 5.74) is 6.52. The molecule has 98 valence electrons. The largest absolute Gasteiger partial charge is 0.453 e. The van der Waals surface area contributed by atoms with Gasteiger partial charge in [0, 0.05) is 6.07 Å². The standard InChI is InChI=1S/C14H12F2N2O/c1-8-3-2-4-10(14(17)18)13(8)19-12-6-5-9(15)7-11(12)16/h2-7H,1H3,(H3,17,18). The fourth-order valence-corrected chi connectivity index (χ4v) is 1.67. The first-order valence-electron chi connectivity index (χ1n) is 5.56. The van der Waals surface area contributed by atoms with Crippen molar-refractivity contribution in [1.29, 1.82) is 5.41 Å². The van der Waals surface area contributed by atoms with E-state index in [4.69, 9.17) is 15.9 Å². The van der Waals surface area contributed by atoms with Gasteiger partial charge < -0.3 is 10.5 Å². The van der Waals surface area contributed by atoms with Crippen LogP contribution >= 0.6 is 0 Å². The minimum absolute atomic E-state index is 0.113. The summed E-state index contributed by atoms with van der Waals surface area (Å²) in [5.74, 6) is -1.49. The fourth-order valence-electron chi connectivity index (χ4n) is 1.67. The van der Waals surface area contributed by atoms with E-state index in [1.807, 2.05) is 0 Å². The number of halogens is 2. The highest BCUT2D eigenvalue weighted by Gasteiger charge is 2.13. The average molecular weight is 262 g/mol. The molecule has 0 bridgehead atoms. The quantitative estimate of drug-likeness (QED) is 0.658. The van der Waals surface area contributed by atoms with E-state index in [1.54, 1.807) is 25.1 Å². The third-order valence-electron chi connectivity index (χ3n) is 2.61. The molecule has 0 atom stereocenters. The van der Waals surface area contributed by atoms with E-state index in [0.717, 1.165) is 12.1 Å². The summed E-state index contributed by atoms with van der Waals surface area (Å²) < 4.78 is 31.8. The lowest BCUT2D eigenvalue weighted by Crippen LogP contribution is -2.13. The summed E-state index contributed by atoms with van der Waals surface area (Å²) in [6, 6.07) is 8.11. The number of amidine groups is 1. The number of para-hydroxylation sites is 1. The van der Waals surface area contributed by atoms with Crippen LogP contribution in [0.15, 0.2) is 36.4 Å². The van der Waals surface area contributed by atoms with Crippen LogP contribution in [0.3, 0.4) is 0 Å². The molecule has 2 rings (SSSR count). The Kier molecular flexibility index (Phi) is 3.46. The second kappa shape index (κ2) is 5.06. The Hall–Kier alpha value is -2.43. The van der Waals surface area contributed by atoms with E-state index >= 15 is 0 Å². The zero-order valence-electron chi connectivity index (χ0n) is 10.2. The zero-order valence-corrected chi connectivity index (χ0v) is 10.2. The molecule has 0 spiro atoms. The number of nitrogens with one attached hydrogen (secondary N) is 1. The van der Waals surface area contributed by atoms with E-state index in [0.29, 0.717) is 16.9 Å². The summed E-state index contributed by atoms with van der Waals surface area (Å²) in [7, 11) is 0. The minimum Gasteiger partial charge on any atom is -0.453 e. The van der Waals surface area contributed by atoms with Crippen LogP contribution in [0.2, 0.25) is 0 Å². The summed E-state index contributed by atoms with van der Waals surface area (Å²) in [5, 5.41) is 7.47. The molecule has 0 aliphatic carbocycles. The van der Waals surface area contributed by atoms with E-state index in [9.17, 15) is 8.78 Å². The number of aryl methyl sites for hydroxylation is 1. The first kappa shape index (κ1) is 13.0. The number of hydrogen-bond donors (Lipinski definition) is 2. The van der Waals surface area contributed by atoms with Gasteiger partial charge >= 0.3 is 0 Å². The lowest BCUT2D eigenvalue weighted by molar-refractivity contribution is 0.434. The molecule has 19 heavy (non-hydrogen) atoms. The number of ether oxygens (including phenoxy) is 1. The van der Waals surface area contributed by atoms with Crippen LogP contribution in [0.25, 0.3) is 0 Å². The summed E-state index contributed by atoms with van der Waals surface area (Å²) in [6.45, 7) is 1.75. The van der Waals surface area contributed by atoms with Crippen molar-refractivity contribution in [2.75, 3.05) is 0 Å². The van der Waals surface area contributed by atoms with Crippen LogP contribution < -0.4 is 10.5 Å². The molecule has 0 saturated heterocycles. The molecule has 2 aromatic rings. The topological polar surface area (TPSA) is 59.1 Å². The molecule has 0 aromatic heterocycles. The van der Waals surface area contributed by atoms with E-state index in [-0.39, 0.29) is 11.6 Å². The highest BCUT2D eigenvalue weighted by molar-refractivity contribution is 5.98. The monoisotopic (exact) mass is 262 g/mol. The number of benzene rings is 2. The smallest absolute Gasteiger partial charge is 0.168 e. The van der Waals surface area contributed by atoms with Gasteiger partial charge in [0.2, 0.25) is 0 Å².